The van der Waals surface area contributed by atoms with E-state index in [0.717, 1.165) is 21.9 Å². The fraction of sp³-hybridized carbons (Fsp3) is 0.227. The SMILES string of the molecule is CCC(C(=O)NCc1ccccc1)n1c2ccccc2c2cnn(C)c(=O)c21. The number of nitrogens with one attached hydrogen (secondary N) is 1. The highest BCUT2D eigenvalue weighted by Gasteiger charge is 2.25. The zero-order valence-electron chi connectivity index (χ0n) is 15.9. The van der Waals surface area contributed by atoms with Gasteiger partial charge in [-0.25, -0.2) is 4.68 Å². The molecule has 0 aliphatic rings. The maximum absolute atomic E-state index is 13.1. The second kappa shape index (κ2) is 7.31. The molecule has 1 amide bonds. The van der Waals surface area contributed by atoms with E-state index in [4.69, 9.17) is 0 Å². The lowest BCUT2D eigenvalue weighted by atomic mass is 10.1. The Balaban J connectivity index is 1.82. The molecule has 1 N–H and O–H groups in total. The van der Waals surface area contributed by atoms with Gasteiger partial charge in [-0.05, 0) is 18.1 Å². The van der Waals surface area contributed by atoms with Crippen LogP contribution in [0.15, 0.2) is 65.6 Å². The Morgan fingerprint density at radius 1 is 1.07 bits per heavy atom. The van der Waals surface area contributed by atoms with Crippen molar-refractivity contribution in [3.05, 3.63) is 76.7 Å². The van der Waals surface area contributed by atoms with Gasteiger partial charge in [0.1, 0.15) is 11.6 Å². The van der Waals surface area contributed by atoms with Crippen molar-refractivity contribution in [2.24, 2.45) is 7.05 Å². The summed E-state index contributed by atoms with van der Waals surface area (Å²) in [6.07, 6.45) is 2.27. The maximum Gasteiger partial charge on any atom is 0.291 e. The Kier molecular flexibility index (Phi) is 4.69. The summed E-state index contributed by atoms with van der Waals surface area (Å²) in [5, 5.41) is 8.88. The average molecular weight is 374 g/mol. The lowest BCUT2D eigenvalue weighted by Crippen LogP contribution is -2.33. The Morgan fingerprint density at radius 2 is 1.79 bits per heavy atom. The largest absolute Gasteiger partial charge is 0.350 e. The van der Waals surface area contributed by atoms with E-state index in [-0.39, 0.29) is 11.5 Å². The molecule has 0 spiro atoms. The molecule has 0 saturated heterocycles. The zero-order valence-corrected chi connectivity index (χ0v) is 15.9. The molecule has 0 saturated carbocycles. The quantitative estimate of drug-likeness (QED) is 0.583. The van der Waals surface area contributed by atoms with Crippen LogP contribution in [0.1, 0.15) is 24.9 Å². The number of aromatic nitrogens is 3. The molecule has 0 bridgehead atoms. The van der Waals surface area contributed by atoms with Gasteiger partial charge in [0, 0.05) is 24.4 Å². The van der Waals surface area contributed by atoms with Crippen molar-refractivity contribution in [1.82, 2.24) is 19.7 Å². The van der Waals surface area contributed by atoms with Gasteiger partial charge in [-0.3, -0.25) is 9.59 Å². The fourth-order valence-electron chi connectivity index (χ4n) is 3.70. The van der Waals surface area contributed by atoms with E-state index in [2.05, 4.69) is 10.4 Å². The Labute approximate surface area is 162 Å². The number of fused-ring (bicyclic) bond motifs is 3. The molecule has 6 heteroatoms. The van der Waals surface area contributed by atoms with E-state index in [1.807, 2.05) is 66.1 Å². The summed E-state index contributed by atoms with van der Waals surface area (Å²) < 4.78 is 3.18. The molecular weight excluding hydrogens is 352 g/mol. The molecule has 4 aromatic rings. The highest BCUT2D eigenvalue weighted by Crippen LogP contribution is 2.30. The summed E-state index contributed by atoms with van der Waals surface area (Å²) >= 11 is 0. The average Bonchev–Trinajstić information content (AvgIpc) is 3.06. The van der Waals surface area contributed by atoms with E-state index in [9.17, 15) is 9.59 Å². The normalized spacial score (nSPS) is 12.4. The number of carbonyl (C=O) groups is 1. The van der Waals surface area contributed by atoms with Crippen LogP contribution >= 0.6 is 0 Å². The second-order valence-electron chi connectivity index (χ2n) is 6.85. The fourth-order valence-corrected chi connectivity index (χ4v) is 3.70. The van der Waals surface area contributed by atoms with E-state index in [0.29, 0.717) is 18.5 Å². The van der Waals surface area contributed by atoms with Crippen LogP contribution in [0, 0.1) is 0 Å². The van der Waals surface area contributed by atoms with Crippen LogP contribution in [-0.4, -0.2) is 20.3 Å². The summed E-state index contributed by atoms with van der Waals surface area (Å²) in [5.41, 5.74) is 2.21. The van der Waals surface area contributed by atoms with Gasteiger partial charge in [-0.15, -0.1) is 0 Å². The first kappa shape index (κ1) is 18.0. The van der Waals surface area contributed by atoms with Gasteiger partial charge in [0.15, 0.2) is 0 Å². The second-order valence-corrected chi connectivity index (χ2v) is 6.85. The number of aryl methyl sites for hydroxylation is 1. The number of carbonyl (C=O) groups excluding carboxylic acids is 1. The number of hydrogen-bond acceptors (Lipinski definition) is 3. The number of rotatable bonds is 5. The molecule has 1 atom stereocenters. The van der Waals surface area contributed by atoms with E-state index in [1.54, 1.807) is 13.2 Å². The van der Waals surface area contributed by atoms with Crippen LogP contribution in [0.4, 0.5) is 0 Å². The van der Waals surface area contributed by atoms with Gasteiger partial charge < -0.3 is 9.88 Å². The highest BCUT2D eigenvalue weighted by atomic mass is 16.2. The molecule has 0 aliphatic carbocycles. The third-order valence-corrected chi connectivity index (χ3v) is 5.12. The van der Waals surface area contributed by atoms with E-state index < -0.39 is 6.04 Å². The minimum Gasteiger partial charge on any atom is -0.350 e. The molecule has 2 heterocycles. The van der Waals surface area contributed by atoms with E-state index in [1.165, 1.54) is 4.68 Å². The van der Waals surface area contributed by atoms with Gasteiger partial charge in [-0.1, -0.05) is 55.5 Å². The summed E-state index contributed by atoms with van der Waals surface area (Å²) in [4.78, 5) is 26.0. The number of para-hydroxylation sites is 1. The molecule has 0 fully saturated rings. The highest BCUT2D eigenvalue weighted by molar-refractivity contribution is 6.08. The van der Waals surface area contributed by atoms with Gasteiger partial charge in [0.05, 0.1) is 11.7 Å². The van der Waals surface area contributed by atoms with Gasteiger partial charge >= 0.3 is 0 Å². The molecule has 2 aromatic heterocycles. The minimum atomic E-state index is -0.485. The third-order valence-electron chi connectivity index (χ3n) is 5.12. The van der Waals surface area contributed by atoms with Crippen molar-refractivity contribution >= 4 is 27.7 Å². The Morgan fingerprint density at radius 3 is 2.54 bits per heavy atom. The van der Waals surface area contributed by atoms with Crippen molar-refractivity contribution < 1.29 is 4.79 Å². The predicted molar refractivity (Wildman–Crippen MR) is 110 cm³/mol. The minimum absolute atomic E-state index is 0.104. The van der Waals surface area contributed by atoms with Crippen molar-refractivity contribution in [3.8, 4) is 0 Å². The Hall–Kier alpha value is -3.41. The van der Waals surface area contributed by atoms with Gasteiger partial charge in [0.2, 0.25) is 5.91 Å². The van der Waals surface area contributed by atoms with Crippen LogP contribution in [0.25, 0.3) is 21.8 Å². The molecule has 4 rings (SSSR count). The lowest BCUT2D eigenvalue weighted by Gasteiger charge is -2.19. The lowest BCUT2D eigenvalue weighted by molar-refractivity contribution is -0.124. The first-order valence-corrected chi connectivity index (χ1v) is 9.38. The molecular formula is C22H22N4O2. The van der Waals surface area contributed by atoms with Crippen LogP contribution in [0.3, 0.4) is 0 Å². The van der Waals surface area contributed by atoms with Crippen molar-refractivity contribution in [2.45, 2.75) is 25.9 Å². The topological polar surface area (TPSA) is 68.9 Å². The summed E-state index contributed by atoms with van der Waals surface area (Å²) in [5.74, 6) is -0.104. The van der Waals surface area contributed by atoms with Crippen LogP contribution in [-0.2, 0) is 18.4 Å². The molecule has 0 radical (unpaired) electrons. The predicted octanol–water partition coefficient (Wildman–Crippen LogP) is 3.16. The summed E-state index contributed by atoms with van der Waals surface area (Å²) in [7, 11) is 1.63. The van der Waals surface area contributed by atoms with Crippen LogP contribution < -0.4 is 10.9 Å². The number of benzene rings is 2. The molecule has 2 aromatic carbocycles. The third kappa shape index (κ3) is 2.97. The molecule has 28 heavy (non-hydrogen) atoms. The molecule has 1 unspecified atom stereocenters. The van der Waals surface area contributed by atoms with Crippen LogP contribution in [0.5, 0.6) is 0 Å². The first-order valence-electron chi connectivity index (χ1n) is 9.38. The smallest absolute Gasteiger partial charge is 0.291 e. The molecule has 142 valence electrons. The van der Waals surface area contributed by atoms with Crippen molar-refractivity contribution in [1.29, 1.82) is 0 Å². The van der Waals surface area contributed by atoms with E-state index >= 15 is 0 Å². The maximum atomic E-state index is 13.1. The number of nitrogens with zero attached hydrogens (tertiary/aromatic N) is 3. The zero-order chi connectivity index (χ0) is 19.7. The van der Waals surface area contributed by atoms with Crippen molar-refractivity contribution in [2.75, 3.05) is 0 Å². The monoisotopic (exact) mass is 374 g/mol. The van der Waals surface area contributed by atoms with Gasteiger partial charge in [-0.2, -0.15) is 5.10 Å². The molecule has 0 aliphatic heterocycles. The number of amides is 1. The standard InChI is InChI=1S/C22H22N4O2/c1-3-18(21(27)23-13-15-9-5-4-6-10-15)26-19-12-8-7-11-16(19)17-14-24-25(2)22(28)20(17)26/h4-12,14,18H,3,13H2,1-2H3,(H,23,27). The first-order chi connectivity index (χ1) is 13.6. The summed E-state index contributed by atoms with van der Waals surface area (Å²) in [6.45, 7) is 2.41. The van der Waals surface area contributed by atoms with Crippen LogP contribution in [0.2, 0.25) is 0 Å². The Bertz CT molecular complexity index is 1210. The number of hydrogen-bond donors (Lipinski definition) is 1. The molecule has 6 nitrogen and oxygen atoms in total. The summed E-state index contributed by atoms with van der Waals surface area (Å²) in [6, 6.07) is 17.1. The van der Waals surface area contributed by atoms with Crippen molar-refractivity contribution in [3.63, 3.8) is 0 Å². The van der Waals surface area contributed by atoms with Gasteiger partial charge in [0.25, 0.3) is 5.56 Å².